The fourth-order valence-corrected chi connectivity index (χ4v) is 7.18. The van der Waals surface area contributed by atoms with Crippen LogP contribution >= 0.6 is 0 Å². The Bertz CT molecular complexity index is 1850. The predicted octanol–water partition coefficient (Wildman–Crippen LogP) is 5.13. The summed E-state index contributed by atoms with van der Waals surface area (Å²) in [6, 6.07) is 22.2. The van der Waals surface area contributed by atoms with Crippen molar-refractivity contribution in [2.24, 2.45) is 5.92 Å². The summed E-state index contributed by atoms with van der Waals surface area (Å²) in [7, 11) is -3.86. The molecule has 0 bridgehead atoms. The Morgan fingerprint density at radius 1 is 1.00 bits per heavy atom. The van der Waals surface area contributed by atoms with E-state index in [0.29, 0.717) is 41.3 Å². The molecule has 2 aromatic carbocycles. The molecule has 3 aromatic heterocycles. The number of nitrogens with one attached hydrogen (secondary N) is 1. The van der Waals surface area contributed by atoms with Crippen LogP contribution in [0.15, 0.2) is 84.0 Å². The molecule has 6 rings (SSSR count). The van der Waals surface area contributed by atoms with Gasteiger partial charge in [-0.2, -0.15) is 5.26 Å². The Morgan fingerprint density at radius 2 is 1.71 bits per heavy atom. The Morgan fingerprint density at radius 3 is 2.41 bits per heavy atom. The predicted molar refractivity (Wildman–Crippen MR) is 155 cm³/mol. The molecule has 0 radical (unpaired) electrons. The van der Waals surface area contributed by atoms with E-state index in [1.165, 1.54) is 10.2 Å². The summed E-state index contributed by atoms with van der Waals surface area (Å²) in [5, 5.41) is 12.9. The lowest BCUT2D eigenvalue weighted by Gasteiger charge is -2.30. The molecule has 0 spiro atoms. The van der Waals surface area contributed by atoms with Crippen LogP contribution in [0, 0.1) is 17.2 Å². The molecule has 1 fully saturated rings. The molecule has 3 heterocycles. The summed E-state index contributed by atoms with van der Waals surface area (Å²) in [5.41, 5.74) is 2.74. The van der Waals surface area contributed by atoms with Gasteiger partial charge in [0.2, 0.25) is 5.91 Å². The summed E-state index contributed by atoms with van der Waals surface area (Å²) in [6.45, 7) is 0.422. The highest BCUT2D eigenvalue weighted by Gasteiger charge is 2.29. The van der Waals surface area contributed by atoms with Crippen LogP contribution in [0.3, 0.4) is 0 Å². The molecule has 1 aliphatic rings. The molecule has 41 heavy (non-hydrogen) atoms. The zero-order valence-electron chi connectivity index (χ0n) is 22.5. The molecule has 1 N–H and O–H groups in total. The van der Waals surface area contributed by atoms with Gasteiger partial charge in [0.05, 0.1) is 29.1 Å². The van der Waals surface area contributed by atoms with Crippen LogP contribution in [0.4, 0.5) is 0 Å². The van der Waals surface area contributed by atoms with Crippen molar-refractivity contribution >= 4 is 38.0 Å². The van der Waals surface area contributed by atoms with Crippen LogP contribution in [0.2, 0.25) is 0 Å². The molecule has 208 valence electrons. The lowest BCUT2D eigenvalue weighted by Crippen LogP contribution is -2.27. The number of rotatable bonds is 8. The van der Waals surface area contributed by atoms with Crippen molar-refractivity contribution in [3.63, 3.8) is 0 Å². The lowest BCUT2D eigenvalue weighted by molar-refractivity contribution is -0.120. The summed E-state index contributed by atoms with van der Waals surface area (Å²) in [5.74, 6) is 0.849. The van der Waals surface area contributed by atoms with E-state index in [1.807, 2.05) is 30.3 Å². The first-order chi connectivity index (χ1) is 20.0. The van der Waals surface area contributed by atoms with Crippen LogP contribution < -0.4 is 5.32 Å². The third-order valence-corrected chi connectivity index (χ3v) is 9.59. The van der Waals surface area contributed by atoms with E-state index in [-0.39, 0.29) is 23.3 Å². The number of nitrogens with zero attached hydrogens (tertiary/aromatic N) is 5. The molecule has 0 saturated heterocycles. The summed E-state index contributed by atoms with van der Waals surface area (Å²) in [4.78, 5) is 22.6. The zero-order valence-corrected chi connectivity index (χ0v) is 23.3. The summed E-state index contributed by atoms with van der Waals surface area (Å²) >= 11 is 0. The average molecular weight is 567 g/mol. The first-order valence-electron chi connectivity index (χ1n) is 13.8. The molecule has 0 aliphatic heterocycles. The second-order valence-electron chi connectivity index (χ2n) is 10.5. The van der Waals surface area contributed by atoms with E-state index in [2.05, 4.69) is 20.9 Å². The van der Waals surface area contributed by atoms with Crippen molar-refractivity contribution in [3.05, 3.63) is 90.5 Å². The van der Waals surface area contributed by atoms with Crippen molar-refractivity contribution in [2.75, 3.05) is 0 Å². The van der Waals surface area contributed by atoms with Crippen molar-refractivity contribution in [1.29, 1.82) is 5.26 Å². The SMILES string of the molecule is N#CCC1CCC(n2c(CC(=O)NCc3ccccc3)nc3cnc4c(ccn4S(=O)(=O)c4ccccc4)c32)CC1. The van der Waals surface area contributed by atoms with Gasteiger partial charge >= 0.3 is 0 Å². The number of carbonyl (C=O) groups is 1. The number of benzene rings is 2. The van der Waals surface area contributed by atoms with Crippen molar-refractivity contribution in [2.45, 2.75) is 56.0 Å². The highest BCUT2D eigenvalue weighted by Crippen LogP contribution is 2.38. The van der Waals surface area contributed by atoms with Gasteiger partial charge in [-0.05, 0) is 55.4 Å². The van der Waals surface area contributed by atoms with Crippen molar-refractivity contribution in [1.82, 2.24) is 23.8 Å². The number of amides is 1. The minimum absolute atomic E-state index is 0.0755. The molecular weight excluding hydrogens is 536 g/mol. The first kappa shape index (κ1) is 26.7. The minimum atomic E-state index is -3.86. The van der Waals surface area contributed by atoms with Gasteiger partial charge in [0.25, 0.3) is 10.0 Å². The van der Waals surface area contributed by atoms with Gasteiger partial charge in [0, 0.05) is 30.6 Å². The largest absolute Gasteiger partial charge is 0.352 e. The Balaban J connectivity index is 1.40. The Kier molecular flexibility index (Phi) is 7.28. The van der Waals surface area contributed by atoms with Gasteiger partial charge < -0.3 is 9.88 Å². The first-order valence-corrected chi connectivity index (χ1v) is 15.2. The number of imidazole rings is 1. The average Bonchev–Trinajstić information content (AvgIpc) is 3.59. The van der Waals surface area contributed by atoms with Crippen LogP contribution in [0.1, 0.15) is 49.5 Å². The fourth-order valence-electron chi connectivity index (χ4n) is 5.85. The number of hydrogen-bond acceptors (Lipinski definition) is 6. The van der Waals surface area contributed by atoms with Gasteiger partial charge in [0.1, 0.15) is 11.3 Å². The van der Waals surface area contributed by atoms with E-state index >= 15 is 0 Å². The number of fused-ring (bicyclic) bond motifs is 3. The molecule has 5 aromatic rings. The van der Waals surface area contributed by atoms with E-state index in [9.17, 15) is 18.5 Å². The Hall–Kier alpha value is -4.49. The smallest absolute Gasteiger partial charge is 0.269 e. The standard InChI is InChI=1S/C31H30N6O3S/c32-17-15-22-11-13-24(14-12-22)37-28(19-29(38)33-20-23-7-3-1-4-8-23)35-27-21-34-31-26(30(27)37)16-18-36(31)41(39,40)25-9-5-2-6-10-25/h1-10,16,18,21-22,24H,11-15,19-20H2,(H,33,38). The van der Waals surface area contributed by atoms with E-state index in [0.717, 1.165) is 36.8 Å². The van der Waals surface area contributed by atoms with Gasteiger partial charge in [0.15, 0.2) is 5.65 Å². The number of pyridine rings is 1. The summed E-state index contributed by atoms with van der Waals surface area (Å²) < 4.78 is 30.3. The van der Waals surface area contributed by atoms with Crippen LogP contribution in [0.5, 0.6) is 0 Å². The second-order valence-corrected chi connectivity index (χ2v) is 12.3. The Labute approximate surface area is 238 Å². The third kappa shape index (κ3) is 5.21. The van der Waals surface area contributed by atoms with Gasteiger partial charge in [-0.25, -0.2) is 22.4 Å². The molecule has 0 unspecified atom stereocenters. The van der Waals surface area contributed by atoms with E-state index < -0.39 is 10.0 Å². The van der Waals surface area contributed by atoms with Gasteiger partial charge in [-0.1, -0.05) is 48.5 Å². The monoisotopic (exact) mass is 566 g/mol. The molecule has 9 nitrogen and oxygen atoms in total. The van der Waals surface area contributed by atoms with Crippen LogP contribution in [-0.2, 0) is 27.8 Å². The van der Waals surface area contributed by atoms with Crippen molar-refractivity contribution < 1.29 is 13.2 Å². The maximum absolute atomic E-state index is 13.5. The molecule has 1 saturated carbocycles. The quantitative estimate of drug-likeness (QED) is 0.278. The number of hydrogen-bond donors (Lipinski definition) is 1. The summed E-state index contributed by atoms with van der Waals surface area (Å²) in [6.07, 6.45) is 7.28. The number of aromatic nitrogens is 4. The third-order valence-electron chi connectivity index (χ3n) is 7.91. The maximum atomic E-state index is 13.5. The van der Waals surface area contributed by atoms with E-state index in [4.69, 9.17) is 4.98 Å². The topological polar surface area (TPSA) is 123 Å². The zero-order chi connectivity index (χ0) is 28.4. The molecule has 10 heteroatoms. The maximum Gasteiger partial charge on any atom is 0.269 e. The van der Waals surface area contributed by atoms with Crippen LogP contribution in [-0.4, -0.2) is 32.8 Å². The van der Waals surface area contributed by atoms with Gasteiger partial charge in [-0.3, -0.25) is 4.79 Å². The molecule has 1 amide bonds. The molecular formula is C31H30N6O3S. The fraction of sp³-hybridized carbons (Fsp3) is 0.290. The highest BCUT2D eigenvalue weighted by molar-refractivity contribution is 7.90. The molecule has 1 aliphatic carbocycles. The normalized spacial score (nSPS) is 17.4. The number of carbonyl (C=O) groups excluding carboxylic acids is 1. The van der Waals surface area contributed by atoms with Crippen LogP contribution in [0.25, 0.3) is 22.1 Å². The van der Waals surface area contributed by atoms with Gasteiger partial charge in [-0.15, -0.1) is 0 Å². The minimum Gasteiger partial charge on any atom is -0.352 e. The number of nitriles is 1. The van der Waals surface area contributed by atoms with Crippen molar-refractivity contribution in [3.8, 4) is 6.07 Å². The molecule has 0 atom stereocenters. The highest BCUT2D eigenvalue weighted by atomic mass is 32.2. The van der Waals surface area contributed by atoms with E-state index in [1.54, 1.807) is 42.6 Å². The second kappa shape index (κ2) is 11.2. The lowest BCUT2D eigenvalue weighted by atomic mass is 9.84.